The topological polar surface area (TPSA) is 56.5 Å². The van der Waals surface area contributed by atoms with E-state index in [0.717, 1.165) is 24.5 Å². The number of piperidine rings is 1. The lowest BCUT2D eigenvalue weighted by Gasteiger charge is -2.22. The molecule has 0 aliphatic carbocycles. The molecule has 0 spiro atoms. The first-order valence-corrected chi connectivity index (χ1v) is 6.32. The lowest BCUT2D eigenvalue weighted by molar-refractivity contribution is 0.395. The standard InChI is InChI=1S/C13H18N4/c1-2-5-15-11(3-1)7-13-16-9-12(17-13)10-4-6-14-8-10/h4,6,8-9,11,14-15H,1-3,5,7H2,(H,16,17). The Balaban J connectivity index is 1.68. The highest BCUT2D eigenvalue weighted by molar-refractivity contribution is 5.57. The van der Waals surface area contributed by atoms with Crippen molar-refractivity contribution in [1.29, 1.82) is 0 Å². The van der Waals surface area contributed by atoms with Crippen molar-refractivity contribution in [2.24, 2.45) is 0 Å². The molecule has 3 heterocycles. The van der Waals surface area contributed by atoms with Gasteiger partial charge >= 0.3 is 0 Å². The average molecular weight is 230 g/mol. The van der Waals surface area contributed by atoms with Crippen LogP contribution in [0.1, 0.15) is 25.1 Å². The Bertz CT molecular complexity index is 451. The fraction of sp³-hybridized carbons (Fsp3) is 0.462. The van der Waals surface area contributed by atoms with E-state index in [4.69, 9.17) is 0 Å². The second-order valence-electron chi connectivity index (χ2n) is 4.69. The summed E-state index contributed by atoms with van der Waals surface area (Å²) in [6.45, 7) is 1.15. The third-order valence-corrected chi connectivity index (χ3v) is 3.39. The number of nitrogens with zero attached hydrogens (tertiary/aromatic N) is 1. The van der Waals surface area contributed by atoms with Crippen molar-refractivity contribution in [2.75, 3.05) is 6.54 Å². The van der Waals surface area contributed by atoms with Crippen molar-refractivity contribution in [3.05, 3.63) is 30.5 Å². The van der Waals surface area contributed by atoms with Crippen LogP contribution in [-0.2, 0) is 6.42 Å². The molecule has 0 aromatic carbocycles. The summed E-state index contributed by atoms with van der Waals surface area (Å²) in [6, 6.07) is 2.64. The first-order valence-electron chi connectivity index (χ1n) is 6.32. The van der Waals surface area contributed by atoms with Gasteiger partial charge in [0.05, 0.1) is 11.9 Å². The summed E-state index contributed by atoms with van der Waals surface area (Å²) in [5.41, 5.74) is 2.26. The second kappa shape index (κ2) is 4.75. The summed E-state index contributed by atoms with van der Waals surface area (Å²) in [7, 11) is 0. The predicted molar refractivity (Wildman–Crippen MR) is 67.7 cm³/mol. The van der Waals surface area contributed by atoms with Crippen molar-refractivity contribution in [2.45, 2.75) is 31.7 Å². The van der Waals surface area contributed by atoms with Gasteiger partial charge < -0.3 is 15.3 Å². The summed E-state index contributed by atoms with van der Waals surface area (Å²) in [6.07, 6.45) is 10.7. The van der Waals surface area contributed by atoms with Gasteiger partial charge in [-0.25, -0.2) is 4.98 Å². The normalized spacial score (nSPS) is 20.6. The molecule has 2 aromatic heterocycles. The quantitative estimate of drug-likeness (QED) is 0.756. The highest BCUT2D eigenvalue weighted by Crippen LogP contribution is 2.17. The van der Waals surface area contributed by atoms with Crippen molar-refractivity contribution >= 4 is 0 Å². The fourth-order valence-corrected chi connectivity index (χ4v) is 2.44. The van der Waals surface area contributed by atoms with Crippen molar-refractivity contribution in [3.8, 4) is 11.3 Å². The molecule has 0 amide bonds. The Kier molecular flexibility index (Phi) is 2.96. The van der Waals surface area contributed by atoms with Gasteiger partial charge in [0.15, 0.2) is 0 Å². The summed E-state index contributed by atoms with van der Waals surface area (Å²) in [4.78, 5) is 10.9. The largest absolute Gasteiger partial charge is 0.367 e. The molecule has 0 bridgehead atoms. The zero-order valence-corrected chi connectivity index (χ0v) is 9.87. The molecule has 1 atom stereocenters. The number of hydrogen-bond donors (Lipinski definition) is 3. The van der Waals surface area contributed by atoms with Gasteiger partial charge in [-0.05, 0) is 25.5 Å². The number of hydrogen-bond acceptors (Lipinski definition) is 2. The van der Waals surface area contributed by atoms with Gasteiger partial charge in [0.25, 0.3) is 0 Å². The van der Waals surface area contributed by atoms with Gasteiger partial charge in [0.2, 0.25) is 0 Å². The average Bonchev–Trinajstić information content (AvgIpc) is 3.00. The van der Waals surface area contributed by atoms with Crippen LogP contribution in [0, 0.1) is 0 Å². The van der Waals surface area contributed by atoms with Crippen LogP contribution in [0.5, 0.6) is 0 Å². The van der Waals surface area contributed by atoms with Gasteiger partial charge in [-0.3, -0.25) is 0 Å². The Labute approximate surface area is 101 Å². The minimum Gasteiger partial charge on any atom is -0.367 e. The lowest BCUT2D eigenvalue weighted by Crippen LogP contribution is -2.35. The maximum atomic E-state index is 4.46. The lowest BCUT2D eigenvalue weighted by atomic mass is 10.0. The molecule has 17 heavy (non-hydrogen) atoms. The van der Waals surface area contributed by atoms with Crippen LogP contribution < -0.4 is 5.32 Å². The van der Waals surface area contributed by atoms with E-state index in [1.165, 1.54) is 24.8 Å². The maximum Gasteiger partial charge on any atom is 0.108 e. The molecule has 1 saturated heterocycles. The van der Waals surface area contributed by atoms with Crippen LogP contribution in [0.15, 0.2) is 24.7 Å². The summed E-state index contributed by atoms with van der Waals surface area (Å²) in [5.74, 6) is 1.08. The van der Waals surface area contributed by atoms with Crippen molar-refractivity contribution < 1.29 is 0 Å². The number of aromatic nitrogens is 3. The van der Waals surface area contributed by atoms with Gasteiger partial charge in [-0.15, -0.1) is 0 Å². The molecular weight excluding hydrogens is 212 g/mol. The van der Waals surface area contributed by atoms with Crippen LogP contribution in [0.3, 0.4) is 0 Å². The van der Waals surface area contributed by atoms with E-state index in [9.17, 15) is 0 Å². The number of imidazole rings is 1. The molecule has 2 aromatic rings. The number of nitrogens with one attached hydrogen (secondary N) is 3. The molecule has 0 saturated carbocycles. The predicted octanol–water partition coefficient (Wildman–Crippen LogP) is 2.09. The molecule has 3 N–H and O–H groups in total. The summed E-state index contributed by atoms with van der Waals surface area (Å²) in [5, 5.41) is 3.55. The molecule has 0 radical (unpaired) electrons. The molecule has 4 heteroatoms. The highest BCUT2D eigenvalue weighted by Gasteiger charge is 2.14. The molecule has 90 valence electrons. The zero-order valence-electron chi connectivity index (χ0n) is 9.87. The van der Waals surface area contributed by atoms with E-state index in [0.29, 0.717) is 6.04 Å². The van der Waals surface area contributed by atoms with E-state index in [1.54, 1.807) is 0 Å². The third kappa shape index (κ3) is 2.42. The van der Waals surface area contributed by atoms with Gasteiger partial charge in [0, 0.05) is 30.4 Å². The van der Waals surface area contributed by atoms with Gasteiger partial charge in [0.1, 0.15) is 5.82 Å². The van der Waals surface area contributed by atoms with Crippen LogP contribution in [-0.4, -0.2) is 27.5 Å². The van der Waals surface area contributed by atoms with Crippen molar-refractivity contribution in [3.63, 3.8) is 0 Å². The number of aromatic amines is 2. The van der Waals surface area contributed by atoms with Crippen LogP contribution in [0.2, 0.25) is 0 Å². The van der Waals surface area contributed by atoms with Gasteiger partial charge in [-0.1, -0.05) is 6.42 Å². The van der Waals surface area contributed by atoms with E-state index < -0.39 is 0 Å². The summed E-state index contributed by atoms with van der Waals surface area (Å²) >= 11 is 0. The number of H-pyrrole nitrogens is 2. The first-order chi connectivity index (χ1) is 8.42. The maximum absolute atomic E-state index is 4.46. The second-order valence-corrected chi connectivity index (χ2v) is 4.69. The summed E-state index contributed by atoms with van der Waals surface area (Å²) < 4.78 is 0. The SMILES string of the molecule is c1cc(-c2cnc(CC3CCCCN3)[nH]2)c[nH]1. The Hall–Kier alpha value is -1.55. The smallest absolute Gasteiger partial charge is 0.108 e. The Morgan fingerprint density at radius 1 is 1.35 bits per heavy atom. The number of rotatable bonds is 3. The van der Waals surface area contributed by atoms with E-state index in [1.807, 2.05) is 18.6 Å². The molecule has 3 rings (SSSR count). The van der Waals surface area contributed by atoms with E-state index in [-0.39, 0.29) is 0 Å². The zero-order chi connectivity index (χ0) is 11.5. The first kappa shape index (κ1) is 10.6. The molecule has 1 fully saturated rings. The third-order valence-electron chi connectivity index (χ3n) is 3.39. The van der Waals surface area contributed by atoms with Crippen LogP contribution >= 0.6 is 0 Å². The molecular formula is C13H18N4. The van der Waals surface area contributed by atoms with Crippen LogP contribution in [0.4, 0.5) is 0 Å². The van der Waals surface area contributed by atoms with Crippen LogP contribution in [0.25, 0.3) is 11.3 Å². The molecule has 4 nitrogen and oxygen atoms in total. The molecule has 1 aliphatic rings. The monoisotopic (exact) mass is 230 g/mol. The van der Waals surface area contributed by atoms with Gasteiger partial charge in [-0.2, -0.15) is 0 Å². The van der Waals surface area contributed by atoms with E-state index in [2.05, 4.69) is 26.3 Å². The minimum atomic E-state index is 0.592. The Morgan fingerprint density at radius 3 is 3.12 bits per heavy atom. The van der Waals surface area contributed by atoms with Crippen molar-refractivity contribution in [1.82, 2.24) is 20.3 Å². The molecule has 1 aliphatic heterocycles. The Morgan fingerprint density at radius 2 is 2.35 bits per heavy atom. The molecule has 1 unspecified atom stereocenters. The van der Waals surface area contributed by atoms with E-state index >= 15 is 0 Å². The minimum absolute atomic E-state index is 0.592. The fourth-order valence-electron chi connectivity index (χ4n) is 2.44. The highest BCUT2D eigenvalue weighted by atomic mass is 15.0.